The fraction of sp³-hybridized carbons (Fsp3) is 0.467. The predicted molar refractivity (Wildman–Crippen MR) is 83.7 cm³/mol. The minimum Gasteiger partial charge on any atom is -0.355 e. The van der Waals surface area contributed by atoms with Crippen LogP contribution in [-0.2, 0) is 4.79 Å². The molecule has 0 aromatic heterocycles. The van der Waals surface area contributed by atoms with Gasteiger partial charge >= 0.3 is 0 Å². The number of halogens is 1. The lowest BCUT2D eigenvalue weighted by molar-refractivity contribution is -0.117. The van der Waals surface area contributed by atoms with E-state index in [1.54, 1.807) is 25.2 Å². The van der Waals surface area contributed by atoms with Crippen molar-refractivity contribution in [2.75, 3.05) is 25.5 Å². The maximum Gasteiger partial charge on any atom is 0.252 e. The van der Waals surface area contributed by atoms with Gasteiger partial charge in [-0.15, -0.1) is 0 Å². The molecular weight excluding hydrogens is 290 g/mol. The van der Waals surface area contributed by atoms with Gasteiger partial charge in [-0.2, -0.15) is 0 Å². The van der Waals surface area contributed by atoms with E-state index in [-0.39, 0.29) is 11.8 Å². The Morgan fingerprint density at radius 3 is 2.71 bits per heavy atom. The highest BCUT2D eigenvalue weighted by molar-refractivity contribution is 6.34. The van der Waals surface area contributed by atoms with Gasteiger partial charge in [0.1, 0.15) is 0 Å². The Hall–Kier alpha value is -1.59. The van der Waals surface area contributed by atoms with Crippen molar-refractivity contribution in [2.45, 2.75) is 19.3 Å². The molecule has 2 amide bonds. The summed E-state index contributed by atoms with van der Waals surface area (Å²) >= 11 is 5.98. The summed E-state index contributed by atoms with van der Waals surface area (Å²) in [5, 5.41) is 9.01. The van der Waals surface area contributed by atoms with Gasteiger partial charge in [-0.25, -0.2) is 0 Å². The fourth-order valence-corrected chi connectivity index (χ4v) is 2.68. The van der Waals surface area contributed by atoms with Gasteiger partial charge in [0.2, 0.25) is 5.91 Å². The first-order valence-electron chi connectivity index (χ1n) is 7.12. The van der Waals surface area contributed by atoms with Gasteiger partial charge in [0.25, 0.3) is 5.91 Å². The highest BCUT2D eigenvalue weighted by Gasteiger charge is 2.17. The first-order chi connectivity index (χ1) is 10.1. The van der Waals surface area contributed by atoms with Crippen molar-refractivity contribution in [3.05, 3.63) is 28.8 Å². The van der Waals surface area contributed by atoms with Crippen molar-refractivity contribution >= 4 is 29.1 Å². The van der Waals surface area contributed by atoms with E-state index >= 15 is 0 Å². The average Bonchev–Trinajstić information content (AvgIpc) is 2.49. The topological polar surface area (TPSA) is 70.2 Å². The normalized spacial score (nSPS) is 15.5. The van der Waals surface area contributed by atoms with Gasteiger partial charge in [-0.1, -0.05) is 11.6 Å². The summed E-state index contributed by atoms with van der Waals surface area (Å²) in [5.74, 6) is 0.137. The van der Waals surface area contributed by atoms with Crippen molar-refractivity contribution in [1.82, 2.24) is 10.6 Å². The third kappa shape index (κ3) is 4.44. The summed E-state index contributed by atoms with van der Waals surface area (Å²) in [4.78, 5) is 23.7. The maximum atomic E-state index is 12.1. The Bertz CT molecular complexity index is 528. The van der Waals surface area contributed by atoms with Crippen LogP contribution in [-0.4, -0.2) is 32.0 Å². The summed E-state index contributed by atoms with van der Waals surface area (Å²) in [5.41, 5.74) is 0.954. The number of anilines is 1. The molecule has 6 heteroatoms. The van der Waals surface area contributed by atoms with Gasteiger partial charge < -0.3 is 16.0 Å². The van der Waals surface area contributed by atoms with Crippen molar-refractivity contribution in [1.29, 1.82) is 0 Å². The number of carbonyl (C=O) groups is 2. The van der Waals surface area contributed by atoms with Crippen LogP contribution in [0.5, 0.6) is 0 Å². The number of benzene rings is 1. The zero-order chi connectivity index (χ0) is 15.2. The zero-order valence-electron chi connectivity index (χ0n) is 12.0. The molecule has 3 N–H and O–H groups in total. The van der Waals surface area contributed by atoms with Crippen molar-refractivity contribution in [3.8, 4) is 0 Å². The largest absolute Gasteiger partial charge is 0.355 e. The van der Waals surface area contributed by atoms with Crippen LogP contribution in [0, 0.1) is 5.92 Å². The molecule has 114 valence electrons. The van der Waals surface area contributed by atoms with Crippen LogP contribution in [0.3, 0.4) is 0 Å². The highest BCUT2D eigenvalue weighted by atomic mass is 35.5. The van der Waals surface area contributed by atoms with E-state index in [9.17, 15) is 9.59 Å². The number of carbonyl (C=O) groups excluding carboxylic acids is 2. The van der Waals surface area contributed by atoms with E-state index in [2.05, 4.69) is 16.0 Å². The first kappa shape index (κ1) is 15.8. The fourth-order valence-electron chi connectivity index (χ4n) is 2.47. The molecule has 0 unspecified atom stereocenters. The molecular formula is C15H20ClN3O2. The summed E-state index contributed by atoms with van der Waals surface area (Å²) in [6.07, 6.45) is 2.56. The molecule has 1 fully saturated rings. The smallest absolute Gasteiger partial charge is 0.252 e. The van der Waals surface area contributed by atoms with E-state index < -0.39 is 0 Å². The highest BCUT2D eigenvalue weighted by Crippen LogP contribution is 2.22. The third-order valence-electron chi connectivity index (χ3n) is 3.65. The predicted octanol–water partition coefficient (Wildman–Crippen LogP) is 2.03. The van der Waals surface area contributed by atoms with Crippen molar-refractivity contribution in [2.24, 2.45) is 5.92 Å². The molecule has 0 spiro atoms. The third-order valence-corrected chi connectivity index (χ3v) is 3.98. The zero-order valence-corrected chi connectivity index (χ0v) is 12.8. The van der Waals surface area contributed by atoms with Gasteiger partial charge in [0.15, 0.2) is 0 Å². The van der Waals surface area contributed by atoms with Gasteiger partial charge in [0.05, 0.1) is 10.6 Å². The number of amides is 2. The Morgan fingerprint density at radius 1 is 1.33 bits per heavy atom. The lowest BCUT2D eigenvalue weighted by Gasteiger charge is -2.22. The van der Waals surface area contributed by atoms with E-state index in [0.29, 0.717) is 28.6 Å². The van der Waals surface area contributed by atoms with Crippen molar-refractivity contribution < 1.29 is 9.59 Å². The Balaban J connectivity index is 1.98. The van der Waals surface area contributed by atoms with Crippen LogP contribution in [0.4, 0.5) is 5.69 Å². The first-order valence-corrected chi connectivity index (χ1v) is 7.50. The monoisotopic (exact) mass is 309 g/mol. The van der Waals surface area contributed by atoms with Gasteiger partial charge in [-0.05, 0) is 50.0 Å². The van der Waals surface area contributed by atoms with E-state index in [1.165, 1.54) is 0 Å². The second-order valence-electron chi connectivity index (χ2n) is 5.22. The summed E-state index contributed by atoms with van der Waals surface area (Å²) < 4.78 is 0. The lowest BCUT2D eigenvalue weighted by Crippen LogP contribution is -2.30. The minimum absolute atomic E-state index is 0.0212. The summed E-state index contributed by atoms with van der Waals surface area (Å²) in [7, 11) is 1.54. The molecule has 1 aromatic rings. The molecule has 1 aromatic carbocycles. The van der Waals surface area contributed by atoms with Crippen LogP contribution in [0.1, 0.15) is 29.6 Å². The number of nitrogens with one attached hydrogen (secondary N) is 3. The molecule has 5 nitrogen and oxygen atoms in total. The molecule has 1 heterocycles. The molecule has 0 radical (unpaired) electrons. The molecule has 1 saturated heterocycles. The Labute approximate surface area is 129 Å². The van der Waals surface area contributed by atoms with E-state index in [1.807, 2.05) is 0 Å². The average molecular weight is 310 g/mol. The number of rotatable bonds is 4. The maximum absolute atomic E-state index is 12.1. The van der Waals surface area contributed by atoms with Crippen LogP contribution in [0.25, 0.3) is 0 Å². The van der Waals surface area contributed by atoms with Crippen LogP contribution < -0.4 is 16.0 Å². The molecule has 0 aliphatic carbocycles. The molecule has 0 saturated carbocycles. The van der Waals surface area contributed by atoms with Crippen molar-refractivity contribution in [3.63, 3.8) is 0 Å². The van der Waals surface area contributed by atoms with E-state index in [0.717, 1.165) is 25.9 Å². The second kappa shape index (κ2) is 7.43. The van der Waals surface area contributed by atoms with E-state index in [4.69, 9.17) is 11.6 Å². The van der Waals surface area contributed by atoms with Crippen LogP contribution in [0.2, 0.25) is 5.02 Å². The van der Waals surface area contributed by atoms with Crippen LogP contribution in [0.15, 0.2) is 18.2 Å². The molecule has 1 aliphatic heterocycles. The number of hydrogen-bond donors (Lipinski definition) is 3. The minimum atomic E-state index is -0.269. The van der Waals surface area contributed by atoms with Gasteiger partial charge in [-0.3, -0.25) is 9.59 Å². The Morgan fingerprint density at radius 2 is 2.05 bits per heavy atom. The quantitative estimate of drug-likeness (QED) is 0.797. The Kier molecular flexibility index (Phi) is 5.59. The SMILES string of the molecule is CNC(=O)c1cc(NC(=O)CC2CCNCC2)ccc1Cl. The summed E-state index contributed by atoms with van der Waals surface area (Å²) in [6, 6.07) is 4.92. The number of piperidine rings is 1. The number of hydrogen-bond acceptors (Lipinski definition) is 3. The molecule has 21 heavy (non-hydrogen) atoms. The van der Waals surface area contributed by atoms with Crippen LogP contribution >= 0.6 is 11.6 Å². The lowest BCUT2D eigenvalue weighted by atomic mass is 9.94. The molecule has 1 aliphatic rings. The second-order valence-corrected chi connectivity index (χ2v) is 5.63. The van der Waals surface area contributed by atoms with Gasteiger partial charge in [0, 0.05) is 19.2 Å². The molecule has 0 atom stereocenters. The molecule has 0 bridgehead atoms. The molecule has 2 rings (SSSR count). The summed E-state index contributed by atoms with van der Waals surface area (Å²) in [6.45, 7) is 1.94. The standard InChI is InChI=1S/C15H20ClN3O2/c1-17-15(21)12-9-11(2-3-13(12)16)19-14(20)8-10-4-6-18-7-5-10/h2-3,9-10,18H,4-8H2,1H3,(H,17,21)(H,19,20).